The van der Waals surface area contributed by atoms with E-state index in [-0.39, 0.29) is 0 Å². The van der Waals surface area contributed by atoms with Crippen molar-refractivity contribution in [1.82, 2.24) is 9.97 Å². The zero-order valence-electron chi connectivity index (χ0n) is 9.07. The second-order valence-electron chi connectivity index (χ2n) is 3.90. The number of nitrogens with two attached hydrogens (primary N) is 1. The first-order valence-electron chi connectivity index (χ1n) is 5.45. The summed E-state index contributed by atoms with van der Waals surface area (Å²) in [5, 5.41) is 0.515. The molecular weight excluding hydrogens is 206 g/mol. The van der Waals surface area contributed by atoms with Crippen molar-refractivity contribution in [2.24, 2.45) is 5.73 Å². The van der Waals surface area contributed by atoms with E-state index in [1.54, 1.807) is 0 Å². The zero-order chi connectivity index (χ0) is 10.7. The minimum atomic E-state index is 0.515. The van der Waals surface area contributed by atoms with E-state index in [0.717, 1.165) is 23.6 Å². The van der Waals surface area contributed by atoms with Crippen LogP contribution in [0, 0.1) is 6.92 Å². The fourth-order valence-corrected chi connectivity index (χ4v) is 3.07. The van der Waals surface area contributed by atoms with Gasteiger partial charge in [-0.1, -0.05) is 0 Å². The van der Waals surface area contributed by atoms with Crippen molar-refractivity contribution in [3.8, 4) is 0 Å². The van der Waals surface area contributed by atoms with Gasteiger partial charge in [0.2, 0.25) is 0 Å². The Kier molecular flexibility index (Phi) is 3.59. The molecule has 82 valence electrons. The molecule has 1 aromatic rings. The molecule has 0 bridgehead atoms. The molecule has 0 aromatic carbocycles. The summed E-state index contributed by atoms with van der Waals surface area (Å²) in [7, 11) is 0. The van der Waals surface area contributed by atoms with Crippen molar-refractivity contribution in [2.75, 3.05) is 12.3 Å². The van der Waals surface area contributed by atoms with E-state index in [1.165, 1.54) is 18.6 Å². The van der Waals surface area contributed by atoms with Crippen LogP contribution in [0.2, 0.25) is 0 Å². The van der Waals surface area contributed by atoms with Crippen LogP contribution in [0.15, 0.2) is 6.07 Å². The number of hydrogen-bond donors (Lipinski definition) is 1. The van der Waals surface area contributed by atoms with Crippen molar-refractivity contribution in [1.29, 1.82) is 0 Å². The molecule has 1 atom stereocenters. The van der Waals surface area contributed by atoms with Crippen molar-refractivity contribution in [3.63, 3.8) is 0 Å². The average Bonchev–Trinajstić information content (AvgIpc) is 2.70. The predicted molar refractivity (Wildman–Crippen MR) is 64.0 cm³/mol. The maximum Gasteiger partial charge on any atom is 0.141 e. The van der Waals surface area contributed by atoms with Crippen LogP contribution in [0.3, 0.4) is 0 Å². The lowest BCUT2D eigenvalue weighted by atomic mass is 10.2. The van der Waals surface area contributed by atoms with Crippen molar-refractivity contribution < 1.29 is 0 Å². The maximum absolute atomic E-state index is 5.55. The standard InChI is InChI=1S/C11H17N3S/c1-8-7-9(4-5-12)14-11(13-8)10-3-2-6-15-10/h7,10H,2-6,12H2,1H3. The third-order valence-corrected chi connectivity index (χ3v) is 3.92. The second kappa shape index (κ2) is 4.94. The Morgan fingerprint density at radius 1 is 1.53 bits per heavy atom. The van der Waals surface area contributed by atoms with Crippen molar-refractivity contribution in [2.45, 2.75) is 31.4 Å². The Morgan fingerprint density at radius 3 is 3.07 bits per heavy atom. The third kappa shape index (κ3) is 2.69. The molecule has 15 heavy (non-hydrogen) atoms. The van der Waals surface area contributed by atoms with Gasteiger partial charge in [0.15, 0.2) is 0 Å². The van der Waals surface area contributed by atoms with E-state index in [1.807, 2.05) is 24.8 Å². The topological polar surface area (TPSA) is 51.8 Å². The maximum atomic E-state index is 5.55. The first-order chi connectivity index (χ1) is 7.29. The van der Waals surface area contributed by atoms with E-state index in [0.29, 0.717) is 11.8 Å². The molecular formula is C11H17N3S. The van der Waals surface area contributed by atoms with Crippen molar-refractivity contribution >= 4 is 11.8 Å². The SMILES string of the molecule is Cc1cc(CCN)nc(C2CCCS2)n1. The first kappa shape index (κ1) is 10.9. The molecule has 1 fully saturated rings. The third-order valence-electron chi connectivity index (χ3n) is 2.54. The number of thioether (sulfide) groups is 1. The fraction of sp³-hybridized carbons (Fsp3) is 0.636. The lowest BCUT2D eigenvalue weighted by Gasteiger charge is -2.09. The Labute approximate surface area is 94.9 Å². The van der Waals surface area contributed by atoms with E-state index < -0.39 is 0 Å². The van der Waals surface area contributed by atoms with Gasteiger partial charge in [-0.05, 0) is 38.1 Å². The summed E-state index contributed by atoms with van der Waals surface area (Å²) in [5.41, 5.74) is 7.70. The van der Waals surface area contributed by atoms with Gasteiger partial charge in [0.1, 0.15) is 5.82 Å². The van der Waals surface area contributed by atoms with Gasteiger partial charge in [0, 0.05) is 17.8 Å². The highest BCUT2D eigenvalue weighted by atomic mass is 32.2. The van der Waals surface area contributed by atoms with Gasteiger partial charge in [-0.25, -0.2) is 9.97 Å². The van der Waals surface area contributed by atoms with E-state index >= 15 is 0 Å². The number of rotatable bonds is 3. The molecule has 1 aliphatic heterocycles. The van der Waals surface area contributed by atoms with Crippen LogP contribution in [-0.4, -0.2) is 22.3 Å². The Hall–Kier alpha value is -0.610. The van der Waals surface area contributed by atoms with E-state index in [9.17, 15) is 0 Å². The van der Waals surface area contributed by atoms with Crippen LogP contribution < -0.4 is 5.73 Å². The second-order valence-corrected chi connectivity index (χ2v) is 5.21. The normalized spacial score (nSPS) is 20.8. The molecule has 2 rings (SSSR count). The number of aromatic nitrogens is 2. The first-order valence-corrected chi connectivity index (χ1v) is 6.50. The zero-order valence-corrected chi connectivity index (χ0v) is 9.89. The fourth-order valence-electron chi connectivity index (χ4n) is 1.86. The molecule has 1 saturated heterocycles. The largest absolute Gasteiger partial charge is 0.330 e. The minimum Gasteiger partial charge on any atom is -0.330 e. The molecule has 0 radical (unpaired) electrons. The summed E-state index contributed by atoms with van der Waals surface area (Å²) >= 11 is 1.97. The minimum absolute atomic E-state index is 0.515. The summed E-state index contributed by atoms with van der Waals surface area (Å²) in [6.45, 7) is 2.69. The molecule has 0 spiro atoms. The molecule has 4 heteroatoms. The highest BCUT2D eigenvalue weighted by molar-refractivity contribution is 7.99. The Balaban J connectivity index is 2.22. The number of hydrogen-bond acceptors (Lipinski definition) is 4. The van der Waals surface area contributed by atoms with Crippen LogP contribution in [0.4, 0.5) is 0 Å². The summed E-state index contributed by atoms with van der Waals surface area (Å²) in [4.78, 5) is 9.12. The van der Waals surface area contributed by atoms with Crippen LogP contribution in [0.25, 0.3) is 0 Å². The molecule has 3 nitrogen and oxygen atoms in total. The Morgan fingerprint density at radius 2 is 2.40 bits per heavy atom. The summed E-state index contributed by atoms with van der Waals surface area (Å²) in [5.74, 6) is 2.26. The molecule has 0 amide bonds. The average molecular weight is 223 g/mol. The molecule has 1 aromatic heterocycles. The highest BCUT2D eigenvalue weighted by Gasteiger charge is 2.20. The lowest BCUT2D eigenvalue weighted by molar-refractivity contribution is 0.755. The number of nitrogens with zero attached hydrogens (tertiary/aromatic N) is 2. The Bertz CT molecular complexity index is 335. The van der Waals surface area contributed by atoms with Gasteiger partial charge >= 0.3 is 0 Å². The predicted octanol–water partition coefficient (Wildman–Crippen LogP) is 1.85. The monoisotopic (exact) mass is 223 g/mol. The quantitative estimate of drug-likeness (QED) is 0.849. The molecule has 0 aliphatic carbocycles. The molecule has 2 heterocycles. The van der Waals surface area contributed by atoms with Crippen LogP contribution >= 0.6 is 11.8 Å². The molecule has 2 N–H and O–H groups in total. The molecule has 0 saturated carbocycles. The van der Waals surface area contributed by atoms with Gasteiger partial charge in [-0.3, -0.25) is 0 Å². The number of aryl methyl sites for hydroxylation is 1. The lowest BCUT2D eigenvalue weighted by Crippen LogP contribution is -2.08. The van der Waals surface area contributed by atoms with Gasteiger partial charge in [-0.2, -0.15) is 11.8 Å². The smallest absolute Gasteiger partial charge is 0.141 e. The van der Waals surface area contributed by atoms with Crippen LogP contribution in [0.5, 0.6) is 0 Å². The van der Waals surface area contributed by atoms with Crippen molar-refractivity contribution in [3.05, 3.63) is 23.3 Å². The van der Waals surface area contributed by atoms with Gasteiger partial charge in [-0.15, -0.1) is 0 Å². The van der Waals surface area contributed by atoms with E-state index in [2.05, 4.69) is 9.97 Å². The highest BCUT2D eigenvalue weighted by Crippen LogP contribution is 2.38. The molecule has 1 unspecified atom stereocenters. The summed E-state index contributed by atoms with van der Waals surface area (Å²) in [6, 6.07) is 2.04. The van der Waals surface area contributed by atoms with Gasteiger partial charge in [0.05, 0.1) is 5.25 Å². The molecule has 1 aliphatic rings. The summed E-state index contributed by atoms with van der Waals surface area (Å²) < 4.78 is 0. The van der Waals surface area contributed by atoms with E-state index in [4.69, 9.17) is 5.73 Å². The van der Waals surface area contributed by atoms with Gasteiger partial charge < -0.3 is 5.73 Å². The van der Waals surface area contributed by atoms with Crippen LogP contribution in [0.1, 0.15) is 35.3 Å². The van der Waals surface area contributed by atoms with Gasteiger partial charge in [0.25, 0.3) is 0 Å². The summed E-state index contributed by atoms with van der Waals surface area (Å²) in [6.07, 6.45) is 3.36. The van der Waals surface area contributed by atoms with Crippen LogP contribution in [-0.2, 0) is 6.42 Å².